The van der Waals surface area contributed by atoms with Crippen molar-refractivity contribution in [3.63, 3.8) is 0 Å². The van der Waals surface area contributed by atoms with E-state index in [0.29, 0.717) is 5.92 Å². The number of pyridine rings is 1. The van der Waals surface area contributed by atoms with Crippen LogP contribution in [0.3, 0.4) is 0 Å². The summed E-state index contributed by atoms with van der Waals surface area (Å²) in [6, 6.07) is 4.04. The molecule has 1 aromatic heterocycles. The third-order valence-corrected chi connectivity index (χ3v) is 2.80. The standard InChI is InChI=1S/C9H12BrN3/c10-8-1-2-9(12-4-8)13-5-7(3-11)6-13/h1-2,4,7H,3,5-6,11H2. The van der Waals surface area contributed by atoms with Gasteiger partial charge in [0.2, 0.25) is 0 Å². The van der Waals surface area contributed by atoms with Crippen LogP contribution >= 0.6 is 15.9 Å². The summed E-state index contributed by atoms with van der Waals surface area (Å²) in [5.41, 5.74) is 5.54. The topological polar surface area (TPSA) is 42.1 Å². The molecule has 2 N–H and O–H groups in total. The van der Waals surface area contributed by atoms with Gasteiger partial charge in [-0.15, -0.1) is 0 Å². The highest BCUT2D eigenvalue weighted by Crippen LogP contribution is 2.22. The van der Waals surface area contributed by atoms with Crippen molar-refractivity contribution in [2.24, 2.45) is 11.7 Å². The van der Waals surface area contributed by atoms with Crippen LogP contribution in [0, 0.1) is 5.92 Å². The molecular weight excluding hydrogens is 230 g/mol. The van der Waals surface area contributed by atoms with E-state index in [1.165, 1.54) is 0 Å². The smallest absolute Gasteiger partial charge is 0.128 e. The predicted molar refractivity (Wildman–Crippen MR) is 56.7 cm³/mol. The molecule has 4 heteroatoms. The lowest BCUT2D eigenvalue weighted by Gasteiger charge is -2.39. The van der Waals surface area contributed by atoms with Crippen molar-refractivity contribution in [3.05, 3.63) is 22.8 Å². The zero-order valence-corrected chi connectivity index (χ0v) is 8.87. The van der Waals surface area contributed by atoms with E-state index in [4.69, 9.17) is 5.73 Å². The molecule has 0 radical (unpaired) electrons. The Morgan fingerprint density at radius 1 is 1.54 bits per heavy atom. The Hall–Kier alpha value is -0.610. The number of aromatic nitrogens is 1. The Labute approximate surface area is 86.1 Å². The zero-order chi connectivity index (χ0) is 9.26. The maximum atomic E-state index is 5.54. The van der Waals surface area contributed by atoms with E-state index in [-0.39, 0.29) is 0 Å². The molecule has 0 amide bonds. The highest BCUT2D eigenvalue weighted by molar-refractivity contribution is 9.10. The summed E-state index contributed by atoms with van der Waals surface area (Å²) in [7, 11) is 0. The number of halogens is 1. The van der Waals surface area contributed by atoms with Gasteiger partial charge in [-0.1, -0.05) is 0 Å². The summed E-state index contributed by atoms with van der Waals surface area (Å²) in [4.78, 5) is 6.55. The van der Waals surface area contributed by atoms with Gasteiger partial charge in [-0.25, -0.2) is 4.98 Å². The second-order valence-corrected chi connectivity index (χ2v) is 4.26. The first-order valence-corrected chi connectivity index (χ1v) is 5.15. The molecule has 1 aliphatic heterocycles. The highest BCUT2D eigenvalue weighted by atomic mass is 79.9. The largest absolute Gasteiger partial charge is 0.356 e. The molecule has 0 unspecified atom stereocenters. The average Bonchev–Trinajstić information content (AvgIpc) is 2.06. The van der Waals surface area contributed by atoms with Crippen LogP contribution in [0.4, 0.5) is 5.82 Å². The van der Waals surface area contributed by atoms with Crippen LogP contribution in [0.15, 0.2) is 22.8 Å². The van der Waals surface area contributed by atoms with Crippen molar-refractivity contribution in [1.82, 2.24) is 4.98 Å². The minimum absolute atomic E-state index is 0.658. The van der Waals surface area contributed by atoms with E-state index < -0.39 is 0 Å². The van der Waals surface area contributed by atoms with Crippen molar-refractivity contribution in [2.45, 2.75) is 0 Å². The van der Waals surface area contributed by atoms with Crippen molar-refractivity contribution >= 4 is 21.7 Å². The van der Waals surface area contributed by atoms with E-state index in [9.17, 15) is 0 Å². The molecule has 1 aliphatic rings. The molecule has 0 aromatic carbocycles. The minimum Gasteiger partial charge on any atom is -0.356 e. The lowest BCUT2D eigenvalue weighted by molar-refractivity contribution is 0.417. The van der Waals surface area contributed by atoms with E-state index >= 15 is 0 Å². The summed E-state index contributed by atoms with van der Waals surface area (Å²) >= 11 is 3.36. The number of rotatable bonds is 2. The summed E-state index contributed by atoms with van der Waals surface area (Å²) < 4.78 is 1.02. The monoisotopic (exact) mass is 241 g/mol. The van der Waals surface area contributed by atoms with Gasteiger partial charge in [-0.2, -0.15) is 0 Å². The second-order valence-electron chi connectivity index (χ2n) is 3.34. The van der Waals surface area contributed by atoms with Crippen LogP contribution in [-0.4, -0.2) is 24.6 Å². The Morgan fingerprint density at radius 3 is 2.85 bits per heavy atom. The van der Waals surface area contributed by atoms with Crippen molar-refractivity contribution in [2.75, 3.05) is 24.5 Å². The molecular formula is C9H12BrN3. The lowest BCUT2D eigenvalue weighted by atomic mass is 10.0. The summed E-state index contributed by atoms with van der Waals surface area (Å²) in [6.45, 7) is 2.88. The molecule has 1 aromatic rings. The van der Waals surface area contributed by atoms with Gasteiger partial charge in [0.05, 0.1) is 0 Å². The third-order valence-electron chi connectivity index (χ3n) is 2.33. The van der Waals surface area contributed by atoms with E-state index in [0.717, 1.165) is 29.9 Å². The summed E-state index contributed by atoms with van der Waals surface area (Å²) in [5, 5.41) is 0. The molecule has 1 fully saturated rings. The van der Waals surface area contributed by atoms with E-state index in [2.05, 4.69) is 25.8 Å². The first kappa shape index (κ1) is 8.97. The van der Waals surface area contributed by atoms with Crippen LogP contribution in [0.25, 0.3) is 0 Å². The van der Waals surface area contributed by atoms with Crippen molar-refractivity contribution < 1.29 is 0 Å². The second kappa shape index (κ2) is 3.64. The van der Waals surface area contributed by atoms with Gasteiger partial charge in [0, 0.05) is 29.7 Å². The summed E-state index contributed by atoms with van der Waals surface area (Å²) in [5.74, 6) is 1.71. The molecule has 0 spiro atoms. The molecule has 2 heterocycles. The number of nitrogens with two attached hydrogens (primary N) is 1. The summed E-state index contributed by atoms with van der Waals surface area (Å²) in [6.07, 6.45) is 1.82. The molecule has 0 saturated carbocycles. The maximum Gasteiger partial charge on any atom is 0.128 e. The fourth-order valence-electron chi connectivity index (χ4n) is 1.46. The van der Waals surface area contributed by atoms with Gasteiger partial charge in [0.15, 0.2) is 0 Å². The lowest BCUT2D eigenvalue weighted by Crippen LogP contribution is -2.50. The molecule has 0 bridgehead atoms. The number of hydrogen-bond donors (Lipinski definition) is 1. The highest BCUT2D eigenvalue weighted by Gasteiger charge is 2.25. The normalized spacial score (nSPS) is 17.2. The van der Waals surface area contributed by atoms with E-state index in [1.54, 1.807) is 0 Å². The molecule has 70 valence electrons. The minimum atomic E-state index is 0.658. The average molecular weight is 242 g/mol. The van der Waals surface area contributed by atoms with E-state index in [1.807, 2.05) is 18.3 Å². The van der Waals surface area contributed by atoms with Crippen molar-refractivity contribution in [3.8, 4) is 0 Å². The quantitative estimate of drug-likeness (QED) is 0.848. The molecule has 3 nitrogen and oxygen atoms in total. The Balaban J connectivity index is 1.99. The van der Waals surface area contributed by atoms with Gasteiger partial charge in [0.25, 0.3) is 0 Å². The van der Waals surface area contributed by atoms with Gasteiger partial charge < -0.3 is 10.6 Å². The molecule has 13 heavy (non-hydrogen) atoms. The van der Waals surface area contributed by atoms with Gasteiger partial charge in [-0.05, 0) is 34.6 Å². The van der Waals surface area contributed by atoms with Gasteiger partial charge >= 0.3 is 0 Å². The van der Waals surface area contributed by atoms with Gasteiger partial charge in [-0.3, -0.25) is 0 Å². The third kappa shape index (κ3) is 1.84. The van der Waals surface area contributed by atoms with Crippen LogP contribution < -0.4 is 10.6 Å². The van der Waals surface area contributed by atoms with Crippen LogP contribution in [0.5, 0.6) is 0 Å². The molecule has 0 atom stereocenters. The maximum absolute atomic E-state index is 5.54. The molecule has 2 rings (SSSR count). The van der Waals surface area contributed by atoms with Crippen LogP contribution in [-0.2, 0) is 0 Å². The Kier molecular flexibility index (Phi) is 2.51. The first-order chi connectivity index (χ1) is 6.29. The van der Waals surface area contributed by atoms with Crippen LogP contribution in [0.2, 0.25) is 0 Å². The van der Waals surface area contributed by atoms with Crippen LogP contribution in [0.1, 0.15) is 0 Å². The molecule has 1 saturated heterocycles. The fraction of sp³-hybridized carbons (Fsp3) is 0.444. The zero-order valence-electron chi connectivity index (χ0n) is 7.28. The number of anilines is 1. The SMILES string of the molecule is NCC1CN(c2ccc(Br)cn2)C1. The fourth-order valence-corrected chi connectivity index (χ4v) is 1.70. The number of nitrogens with zero attached hydrogens (tertiary/aromatic N) is 2. The molecule has 0 aliphatic carbocycles. The number of hydrogen-bond acceptors (Lipinski definition) is 3. The first-order valence-electron chi connectivity index (χ1n) is 4.36. The predicted octanol–water partition coefficient (Wildman–Crippen LogP) is 1.24. The Morgan fingerprint density at radius 2 is 2.31 bits per heavy atom. The van der Waals surface area contributed by atoms with Gasteiger partial charge in [0.1, 0.15) is 5.82 Å². The van der Waals surface area contributed by atoms with Crippen molar-refractivity contribution in [1.29, 1.82) is 0 Å². The Bertz CT molecular complexity index is 279.